The first-order valence-electron chi connectivity index (χ1n) is 6.40. The maximum atomic E-state index is 10.9. The van der Waals surface area contributed by atoms with Crippen LogP contribution in [0.5, 0.6) is 0 Å². The Balaban J connectivity index is 2.21. The van der Waals surface area contributed by atoms with Crippen LogP contribution in [0.1, 0.15) is 0 Å². The topological polar surface area (TPSA) is 92.1 Å². The maximum absolute atomic E-state index is 10.9. The number of carbonyl (C=O) groups is 1. The molecule has 0 aliphatic heterocycles. The minimum absolute atomic E-state index is 0.283. The summed E-state index contributed by atoms with van der Waals surface area (Å²) in [5, 5.41) is 15.0. The molecule has 0 aliphatic rings. The van der Waals surface area contributed by atoms with Gasteiger partial charge in [0.15, 0.2) is 5.65 Å². The molecule has 1 aromatic carbocycles. The number of amides is 1. The van der Waals surface area contributed by atoms with E-state index in [9.17, 15) is 4.79 Å². The Labute approximate surface area is 139 Å². The molecule has 22 heavy (non-hydrogen) atoms. The summed E-state index contributed by atoms with van der Waals surface area (Å²) in [6.45, 7) is 0. The molecule has 7 nitrogen and oxygen atoms in total. The van der Waals surface area contributed by atoms with E-state index in [0.717, 1.165) is 14.9 Å². The van der Waals surface area contributed by atoms with E-state index in [1.165, 1.54) is 6.33 Å². The Hall–Kier alpha value is -2.36. The van der Waals surface area contributed by atoms with Gasteiger partial charge in [-0.25, -0.2) is 14.8 Å². The van der Waals surface area contributed by atoms with E-state index < -0.39 is 6.09 Å². The molecular weight excluding hydrogens is 397 g/mol. The molecule has 0 atom stereocenters. The van der Waals surface area contributed by atoms with Gasteiger partial charge >= 0.3 is 6.09 Å². The number of hydrogen-bond acceptors (Lipinski definition) is 4. The lowest BCUT2D eigenvalue weighted by Crippen LogP contribution is -2.09. The number of rotatable bonds is 3. The van der Waals surface area contributed by atoms with Gasteiger partial charge in [0, 0.05) is 28.2 Å². The summed E-state index contributed by atoms with van der Waals surface area (Å²) in [5.41, 5.74) is 2.56. The fourth-order valence-corrected chi connectivity index (χ4v) is 3.00. The van der Waals surface area contributed by atoms with Gasteiger partial charge in [-0.1, -0.05) is 6.07 Å². The molecule has 0 bridgehead atoms. The average molecular weight is 409 g/mol. The molecule has 0 unspecified atom stereocenters. The number of anilines is 2. The molecule has 0 radical (unpaired) electrons. The van der Waals surface area contributed by atoms with Crippen LogP contribution in [0.15, 0.2) is 36.8 Å². The largest absolute Gasteiger partial charge is 0.465 e. The summed E-state index contributed by atoms with van der Waals surface area (Å²) in [4.78, 5) is 19.2. The molecule has 0 fully saturated rings. The van der Waals surface area contributed by atoms with Crippen molar-refractivity contribution in [2.75, 3.05) is 17.7 Å². The number of hydrogen-bond donors (Lipinski definition) is 3. The zero-order chi connectivity index (χ0) is 15.7. The van der Waals surface area contributed by atoms with Gasteiger partial charge in [-0.2, -0.15) is 0 Å². The van der Waals surface area contributed by atoms with Crippen molar-refractivity contribution in [2.45, 2.75) is 0 Å². The zero-order valence-corrected chi connectivity index (χ0v) is 13.7. The fraction of sp³-hybridized carbons (Fsp3) is 0.0714. The van der Waals surface area contributed by atoms with Crippen molar-refractivity contribution < 1.29 is 9.90 Å². The van der Waals surface area contributed by atoms with Crippen LogP contribution in [0.4, 0.5) is 16.3 Å². The molecule has 3 rings (SSSR count). The van der Waals surface area contributed by atoms with E-state index >= 15 is 0 Å². The Bertz CT molecular complexity index is 862. The first-order valence-corrected chi connectivity index (χ1v) is 7.47. The molecule has 8 heteroatoms. The van der Waals surface area contributed by atoms with E-state index in [1.54, 1.807) is 0 Å². The molecule has 1 amide bonds. The number of benzene rings is 1. The highest BCUT2D eigenvalue weighted by Crippen LogP contribution is 2.29. The van der Waals surface area contributed by atoms with Crippen molar-refractivity contribution in [1.29, 1.82) is 0 Å². The summed E-state index contributed by atoms with van der Waals surface area (Å²) >= 11 is 2.15. The van der Waals surface area contributed by atoms with Gasteiger partial charge in [0.25, 0.3) is 0 Å². The standard InChI is InChI=1S/C14H12IN5O2/c1-16-8-3-2-4-9(5-8)20-6-10(15)11-12(19-14(21)22)17-7-18-13(11)20/h2-7,16H,1H3,(H,21,22)(H,17,18,19). The number of nitrogens with one attached hydrogen (secondary N) is 2. The minimum Gasteiger partial charge on any atom is -0.465 e. The van der Waals surface area contributed by atoms with Gasteiger partial charge in [-0.05, 0) is 40.8 Å². The first kappa shape index (κ1) is 14.6. The molecule has 2 aromatic heterocycles. The molecule has 3 N–H and O–H groups in total. The molecule has 0 saturated carbocycles. The summed E-state index contributed by atoms with van der Waals surface area (Å²) < 4.78 is 2.78. The lowest BCUT2D eigenvalue weighted by Gasteiger charge is -2.07. The van der Waals surface area contributed by atoms with Gasteiger partial charge < -0.3 is 10.4 Å². The maximum Gasteiger partial charge on any atom is 0.410 e. The Morgan fingerprint density at radius 2 is 2.18 bits per heavy atom. The van der Waals surface area contributed by atoms with E-state index in [0.29, 0.717) is 11.0 Å². The Kier molecular flexibility index (Phi) is 3.84. The Morgan fingerprint density at radius 1 is 1.36 bits per heavy atom. The number of fused-ring (bicyclic) bond motifs is 1. The number of carboxylic acid groups (broad SMARTS) is 1. The van der Waals surface area contributed by atoms with Crippen molar-refractivity contribution in [3.05, 3.63) is 40.4 Å². The third-order valence-electron chi connectivity index (χ3n) is 3.18. The number of halogens is 1. The second-order valence-corrected chi connectivity index (χ2v) is 5.66. The molecule has 0 saturated heterocycles. The van der Waals surface area contributed by atoms with Crippen LogP contribution in [-0.4, -0.2) is 32.8 Å². The van der Waals surface area contributed by atoms with Crippen LogP contribution in [0.2, 0.25) is 0 Å². The molecule has 3 aromatic rings. The monoisotopic (exact) mass is 409 g/mol. The fourth-order valence-electron chi connectivity index (χ4n) is 2.22. The number of nitrogens with zero attached hydrogens (tertiary/aromatic N) is 3. The predicted octanol–water partition coefficient (Wildman–Crippen LogP) is 3.16. The molecule has 112 valence electrons. The van der Waals surface area contributed by atoms with Crippen molar-refractivity contribution in [1.82, 2.24) is 14.5 Å². The molecule has 0 aliphatic carbocycles. The van der Waals surface area contributed by atoms with Crippen LogP contribution in [0, 0.1) is 3.57 Å². The third-order valence-corrected chi connectivity index (χ3v) is 3.99. The van der Waals surface area contributed by atoms with Gasteiger partial charge in [-0.15, -0.1) is 0 Å². The van der Waals surface area contributed by atoms with E-state index in [2.05, 4.69) is 43.2 Å². The van der Waals surface area contributed by atoms with Crippen LogP contribution >= 0.6 is 22.6 Å². The summed E-state index contributed by atoms with van der Waals surface area (Å²) in [6, 6.07) is 7.86. The SMILES string of the molecule is CNc1cccc(-n2cc(I)c3c(NC(=O)O)ncnc32)c1. The smallest absolute Gasteiger partial charge is 0.410 e. The second-order valence-electron chi connectivity index (χ2n) is 4.50. The lowest BCUT2D eigenvalue weighted by molar-refractivity contribution is 0.209. The lowest BCUT2D eigenvalue weighted by atomic mass is 10.3. The van der Waals surface area contributed by atoms with Gasteiger partial charge in [-0.3, -0.25) is 9.88 Å². The van der Waals surface area contributed by atoms with Gasteiger partial charge in [0.2, 0.25) is 0 Å². The quantitative estimate of drug-likeness (QED) is 0.579. The summed E-state index contributed by atoms with van der Waals surface area (Å²) in [6.07, 6.45) is 2.10. The van der Waals surface area contributed by atoms with E-state index in [-0.39, 0.29) is 5.82 Å². The zero-order valence-electron chi connectivity index (χ0n) is 11.5. The first-order chi connectivity index (χ1) is 10.6. The van der Waals surface area contributed by atoms with Crippen LogP contribution in [0.3, 0.4) is 0 Å². The van der Waals surface area contributed by atoms with E-state index in [1.807, 2.05) is 42.1 Å². The summed E-state index contributed by atoms with van der Waals surface area (Å²) in [7, 11) is 1.85. The van der Waals surface area contributed by atoms with Gasteiger partial charge in [0.05, 0.1) is 5.39 Å². The molecule has 2 heterocycles. The van der Waals surface area contributed by atoms with Crippen LogP contribution < -0.4 is 10.6 Å². The highest BCUT2D eigenvalue weighted by atomic mass is 127. The number of aromatic nitrogens is 3. The Morgan fingerprint density at radius 3 is 2.91 bits per heavy atom. The predicted molar refractivity (Wildman–Crippen MR) is 92.8 cm³/mol. The molecular formula is C14H12IN5O2. The van der Waals surface area contributed by atoms with Crippen molar-refractivity contribution in [3.63, 3.8) is 0 Å². The highest BCUT2D eigenvalue weighted by Gasteiger charge is 2.15. The van der Waals surface area contributed by atoms with Gasteiger partial charge in [0.1, 0.15) is 12.1 Å². The van der Waals surface area contributed by atoms with E-state index in [4.69, 9.17) is 5.11 Å². The van der Waals surface area contributed by atoms with Crippen molar-refractivity contribution in [2.24, 2.45) is 0 Å². The minimum atomic E-state index is -1.15. The third kappa shape index (κ3) is 2.56. The van der Waals surface area contributed by atoms with Crippen LogP contribution in [-0.2, 0) is 0 Å². The highest BCUT2D eigenvalue weighted by molar-refractivity contribution is 14.1. The second kappa shape index (κ2) is 5.79. The van der Waals surface area contributed by atoms with Crippen molar-refractivity contribution in [3.8, 4) is 5.69 Å². The van der Waals surface area contributed by atoms with Crippen molar-refractivity contribution >= 4 is 51.2 Å². The van der Waals surface area contributed by atoms with Crippen LogP contribution in [0.25, 0.3) is 16.7 Å². The normalized spacial score (nSPS) is 10.6. The summed E-state index contributed by atoms with van der Waals surface area (Å²) in [5.74, 6) is 0.283. The average Bonchev–Trinajstić information content (AvgIpc) is 2.85. The molecule has 0 spiro atoms.